The van der Waals surface area contributed by atoms with Crippen LogP contribution in [0.5, 0.6) is 0 Å². The fourth-order valence-corrected chi connectivity index (χ4v) is 0.819. The molecule has 0 aliphatic rings. The zero-order chi connectivity index (χ0) is 11.7. The topological polar surface area (TPSA) is 63.3 Å². The standard InChI is InChI=1S/C8H10N4S.ClH.Pt/c1-6(11-12-8(9)13)7-4-2-3-5-10-7;;/h2-5H,1H3,(H3,9,12,13);1H;/q;;+1/p-1. The van der Waals surface area contributed by atoms with Crippen LogP contribution in [0.25, 0.3) is 0 Å². The second-order valence-corrected chi connectivity index (χ2v) is 2.83. The number of nitrogens with two attached hydrogens (primary N) is 1. The van der Waals surface area contributed by atoms with E-state index in [1.165, 1.54) is 0 Å². The van der Waals surface area contributed by atoms with Crippen LogP contribution in [0.4, 0.5) is 0 Å². The van der Waals surface area contributed by atoms with Crippen molar-refractivity contribution in [3.8, 4) is 0 Å². The van der Waals surface area contributed by atoms with Crippen molar-refractivity contribution >= 4 is 32.5 Å². The van der Waals surface area contributed by atoms with Crippen molar-refractivity contribution in [3.05, 3.63) is 30.1 Å². The molecular formula is C8H10ClN4PtS. The first-order valence-corrected chi connectivity index (χ1v) is 7.05. The van der Waals surface area contributed by atoms with Gasteiger partial charge in [-0.05, 0) is 31.3 Å². The van der Waals surface area contributed by atoms with Crippen molar-refractivity contribution in [3.63, 3.8) is 0 Å². The number of thiocarbonyl (C=S) groups is 1. The van der Waals surface area contributed by atoms with Crippen LogP contribution in [0.15, 0.2) is 29.5 Å². The molecule has 0 atom stereocenters. The van der Waals surface area contributed by atoms with E-state index in [1.807, 2.05) is 25.1 Å². The molecule has 0 aliphatic heterocycles. The number of halogens is 1. The molecule has 0 saturated carbocycles. The first-order chi connectivity index (χ1) is 7.20. The first-order valence-electron chi connectivity index (χ1n) is 3.83. The molecule has 1 rings (SSSR count). The van der Waals surface area contributed by atoms with E-state index in [0.717, 1.165) is 11.4 Å². The molecule has 3 N–H and O–H groups in total. The first kappa shape index (κ1) is 14.5. The number of hydrogen-bond donors (Lipinski definition) is 2. The quantitative estimate of drug-likeness (QED) is 0.427. The molecule has 0 saturated heterocycles. The van der Waals surface area contributed by atoms with E-state index in [2.05, 4.69) is 37.1 Å². The van der Waals surface area contributed by atoms with Crippen molar-refractivity contribution < 1.29 is 18.8 Å². The molecular weight excluding hydrogens is 415 g/mol. The Kier molecular flexibility index (Phi) is 8.47. The Balaban J connectivity index is 0.000000921. The van der Waals surface area contributed by atoms with E-state index in [9.17, 15) is 0 Å². The van der Waals surface area contributed by atoms with Gasteiger partial charge < -0.3 is 5.73 Å². The molecule has 1 aromatic heterocycles. The van der Waals surface area contributed by atoms with Gasteiger partial charge in [0.25, 0.3) is 0 Å². The average molecular weight is 425 g/mol. The second kappa shape index (κ2) is 8.77. The molecule has 0 spiro atoms. The van der Waals surface area contributed by atoms with Gasteiger partial charge in [0.15, 0.2) is 5.11 Å². The van der Waals surface area contributed by atoms with Crippen LogP contribution < -0.4 is 11.2 Å². The molecule has 0 amide bonds. The number of nitrogens with one attached hydrogen (secondary N) is 1. The van der Waals surface area contributed by atoms with Gasteiger partial charge in [-0.15, -0.1) is 0 Å². The summed E-state index contributed by atoms with van der Waals surface area (Å²) >= 11 is 6.21. The van der Waals surface area contributed by atoms with Crippen LogP contribution in [-0.2, 0) is 18.8 Å². The molecule has 1 heterocycles. The van der Waals surface area contributed by atoms with Gasteiger partial charge in [0.05, 0.1) is 11.4 Å². The molecule has 1 aromatic rings. The van der Waals surface area contributed by atoms with Crippen LogP contribution >= 0.6 is 21.6 Å². The third-order valence-electron chi connectivity index (χ3n) is 1.37. The van der Waals surface area contributed by atoms with Gasteiger partial charge in [0, 0.05) is 6.20 Å². The van der Waals surface area contributed by atoms with Gasteiger partial charge in [-0.1, -0.05) is 6.07 Å². The molecule has 0 bridgehead atoms. The zero-order valence-corrected chi connectivity index (χ0v) is 11.7. The maximum atomic E-state index is 5.21. The number of pyridine rings is 1. The SMILES string of the molecule is CC(=NNC(N)=S)c1ccccn1.[Cl][Pt]. The summed E-state index contributed by atoms with van der Waals surface area (Å²) in [6.07, 6.45) is 1.70. The number of hydrogen-bond acceptors (Lipinski definition) is 3. The summed E-state index contributed by atoms with van der Waals surface area (Å²) in [5, 5.41) is 4.08. The third-order valence-corrected chi connectivity index (χ3v) is 1.46. The van der Waals surface area contributed by atoms with Crippen molar-refractivity contribution in [2.24, 2.45) is 10.8 Å². The Morgan fingerprint density at radius 3 is 2.73 bits per heavy atom. The molecule has 0 radical (unpaired) electrons. The van der Waals surface area contributed by atoms with Gasteiger partial charge in [0.2, 0.25) is 0 Å². The second-order valence-electron chi connectivity index (χ2n) is 2.39. The monoisotopic (exact) mass is 424 g/mol. The summed E-state index contributed by atoms with van der Waals surface area (Å²) in [5.41, 5.74) is 9.25. The predicted molar refractivity (Wildman–Crippen MR) is 62.2 cm³/mol. The van der Waals surface area contributed by atoms with Gasteiger partial charge in [0.1, 0.15) is 0 Å². The summed E-state index contributed by atoms with van der Waals surface area (Å²) in [5.74, 6) is 0. The van der Waals surface area contributed by atoms with Crippen LogP contribution in [0.1, 0.15) is 12.6 Å². The minimum absolute atomic E-state index is 0.148. The van der Waals surface area contributed by atoms with E-state index < -0.39 is 0 Å². The molecule has 0 aliphatic carbocycles. The Morgan fingerprint density at radius 2 is 2.27 bits per heavy atom. The minimum atomic E-state index is 0.148. The van der Waals surface area contributed by atoms with Crippen molar-refractivity contribution in [1.82, 2.24) is 10.4 Å². The molecule has 15 heavy (non-hydrogen) atoms. The Hall–Kier alpha value is -0.512. The van der Waals surface area contributed by atoms with E-state index >= 15 is 0 Å². The van der Waals surface area contributed by atoms with Gasteiger partial charge >= 0.3 is 28.2 Å². The van der Waals surface area contributed by atoms with Crippen LogP contribution in [0, 0.1) is 0 Å². The summed E-state index contributed by atoms with van der Waals surface area (Å²) in [7, 11) is 4.61. The summed E-state index contributed by atoms with van der Waals surface area (Å²) in [6, 6.07) is 5.60. The Labute approximate surface area is 109 Å². The summed E-state index contributed by atoms with van der Waals surface area (Å²) in [6.45, 7) is 1.83. The van der Waals surface area contributed by atoms with Crippen LogP contribution in [-0.4, -0.2) is 15.8 Å². The molecule has 7 heteroatoms. The van der Waals surface area contributed by atoms with Crippen LogP contribution in [0.3, 0.4) is 0 Å². The number of nitrogens with zero attached hydrogens (tertiary/aromatic N) is 2. The molecule has 85 valence electrons. The van der Waals surface area contributed by atoms with Crippen molar-refractivity contribution in [1.29, 1.82) is 0 Å². The fourth-order valence-electron chi connectivity index (χ4n) is 0.773. The van der Waals surface area contributed by atoms with Gasteiger partial charge in [-0.25, -0.2) is 0 Å². The summed E-state index contributed by atoms with van der Waals surface area (Å²) in [4.78, 5) is 4.10. The van der Waals surface area contributed by atoms with E-state index in [0.29, 0.717) is 0 Å². The zero-order valence-electron chi connectivity index (χ0n) is 7.88. The molecule has 0 aromatic carbocycles. The van der Waals surface area contributed by atoms with Crippen LogP contribution in [0.2, 0.25) is 0 Å². The molecule has 0 fully saturated rings. The molecule has 4 nitrogen and oxygen atoms in total. The number of aromatic nitrogens is 1. The third kappa shape index (κ3) is 6.55. The Bertz CT molecular complexity index is 331. The van der Waals surface area contributed by atoms with Crippen molar-refractivity contribution in [2.45, 2.75) is 6.92 Å². The maximum absolute atomic E-state index is 5.21. The summed E-state index contributed by atoms with van der Waals surface area (Å²) < 4.78 is 0. The number of hydrazone groups is 1. The Morgan fingerprint density at radius 1 is 1.60 bits per heavy atom. The van der Waals surface area contributed by atoms with Gasteiger partial charge in [-0.2, -0.15) is 5.10 Å². The van der Waals surface area contributed by atoms with E-state index in [-0.39, 0.29) is 5.11 Å². The van der Waals surface area contributed by atoms with Crippen molar-refractivity contribution in [2.75, 3.05) is 0 Å². The predicted octanol–water partition coefficient (Wildman–Crippen LogP) is 1.33. The fraction of sp³-hybridized carbons (Fsp3) is 0.125. The molecule has 0 unspecified atom stereocenters. The van der Waals surface area contributed by atoms with Gasteiger partial charge in [-0.3, -0.25) is 10.4 Å². The van der Waals surface area contributed by atoms with E-state index in [4.69, 9.17) is 5.73 Å². The number of rotatable bonds is 2. The normalized spacial score (nSPS) is 10.0. The average Bonchev–Trinajstić information content (AvgIpc) is 2.30. The van der Waals surface area contributed by atoms with E-state index in [1.54, 1.807) is 25.0 Å².